The van der Waals surface area contributed by atoms with E-state index in [-0.39, 0.29) is 23.7 Å². The number of anilines is 2. The monoisotopic (exact) mass is 518 g/mol. The highest BCUT2D eigenvalue weighted by atomic mass is 32.1. The highest BCUT2D eigenvalue weighted by molar-refractivity contribution is 7.09. The summed E-state index contributed by atoms with van der Waals surface area (Å²) < 4.78 is 6.27. The van der Waals surface area contributed by atoms with Gasteiger partial charge < -0.3 is 10.6 Å². The predicted molar refractivity (Wildman–Crippen MR) is 144 cm³/mol. The number of hydrogen-bond donors (Lipinski definition) is 2. The van der Waals surface area contributed by atoms with E-state index in [1.54, 1.807) is 18.3 Å². The van der Waals surface area contributed by atoms with Crippen molar-refractivity contribution in [3.63, 3.8) is 0 Å². The Morgan fingerprint density at radius 1 is 1.22 bits per heavy atom. The molecule has 10 nitrogen and oxygen atoms in total. The van der Waals surface area contributed by atoms with Crippen LogP contribution >= 0.6 is 11.5 Å². The molecule has 0 bridgehead atoms. The first-order chi connectivity index (χ1) is 17.9. The van der Waals surface area contributed by atoms with Crippen LogP contribution in [0.4, 0.5) is 10.9 Å². The number of carbonyl (C=O) groups excluding carboxylic acids is 2. The van der Waals surface area contributed by atoms with Gasteiger partial charge in [-0.05, 0) is 25.0 Å². The molecular formula is C26H30N8O2S. The lowest BCUT2D eigenvalue weighted by molar-refractivity contribution is -0.132. The maximum Gasteiger partial charge on any atom is 0.257 e. The van der Waals surface area contributed by atoms with E-state index in [1.807, 2.05) is 48.4 Å². The van der Waals surface area contributed by atoms with E-state index < -0.39 is 0 Å². The van der Waals surface area contributed by atoms with E-state index in [0.29, 0.717) is 41.0 Å². The topological polar surface area (TPSA) is 131 Å². The van der Waals surface area contributed by atoms with Crippen LogP contribution in [0.2, 0.25) is 0 Å². The van der Waals surface area contributed by atoms with Gasteiger partial charge in [-0.2, -0.15) is 4.37 Å². The highest BCUT2D eigenvalue weighted by Crippen LogP contribution is 2.34. The molecule has 11 heteroatoms. The van der Waals surface area contributed by atoms with Crippen molar-refractivity contribution >= 4 is 39.8 Å². The zero-order chi connectivity index (χ0) is 26.1. The second-order valence-electron chi connectivity index (χ2n) is 9.53. The molecule has 1 saturated heterocycles. The molecule has 37 heavy (non-hydrogen) atoms. The number of carbonyl (C=O) groups is 2. The van der Waals surface area contributed by atoms with Crippen LogP contribution in [0.3, 0.4) is 0 Å². The van der Waals surface area contributed by atoms with Crippen molar-refractivity contribution in [2.24, 2.45) is 0 Å². The quantitative estimate of drug-likeness (QED) is 0.388. The number of aromatic nitrogens is 5. The van der Waals surface area contributed by atoms with Gasteiger partial charge in [0.1, 0.15) is 28.7 Å². The zero-order valence-corrected chi connectivity index (χ0v) is 22.0. The van der Waals surface area contributed by atoms with Crippen LogP contribution in [0.25, 0.3) is 16.8 Å². The molecule has 0 radical (unpaired) electrons. The van der Waals surface area contributed by atoms with Crippen LogP contribution in [0, 0.1) is 0 Å². The Hall–Kier alpha value is -3.86. The maximum atomic E-state index is 12.8. The number of likely N-dealkylation sites (tertiary alicyclic amines) is 1. The summed E-state index contributed by atoms with van der Waals surface area (Å²) in [5.74, 6) is 2.16. The van der Waals surface area contributed by atoms with Crippen molar-refractivity contribution in [2.45, 2.75) is 51.9 Å². The van der Waals surface area contributed by atoms with Gasteiger partial charge in [0.15, 0.2) is 0 Å². The Morgan fingerprint density at radius 2 is 2.00 bits per heavy atom. The molecule has 1 fully saturated rings. The van der Waals surface area contributed by atoms with Gasteiger partial charge in [0.2, 0.25) is 11.0 Å². The van der Waals surface area contributed by atoms with Gasteiger partial charge in [-0.15, -0.1) is 0 Å². The lowest BCUT2D eigenvalue weighted by Crippen LogP contribution is -2.39. The van der Waals surface area contributed by atoms with Gasteiger partial charge in [-0.3, -0.25) is 19.3 Å². The number of amides is 2. The van der Waals surface area contributed by atoms with Crippen molar-refractivity contribution in [1.29, 1.82) is 0 Å². The van der Waals surface area contributed by atoms with Crippen molar-refractivity contribution in [3.8, 4) is 11.3 Å². The first-order valence-corrected chi connectivity index (χ1v) is 13.3. The van der Waals surface area contributed by atoms with Crippen molar-refractivity contribution in [1.82, 2.24) is 28.6 Å². The maximum absolute atomic E-state index is 12.8. The highest BCUT2D eigenvalue weighted by Gasteiger charge is 2.29. The lowest BCUT2D eigenvalue weighted by Gasteiger charge is -2.32. The first-order valence-electron chi connectivity index (χ1n) is 12.5. The van der Waals surface area contributed by atoms with Crippen molar-refractivity contribution in [2.75, 3.05) is 24.1 Å². The molecule has 192 valence electrons. The molecule has 4 heterocycles. The predicted octanol–water partition coefficient (Wildman–Crippen LogP) is 4.32. The Balaban J connectivity index is 1.43. The average Bonchev–Trinajstić information content (AvgIpc) is 3.54. The molecule has 5 rings (SSSR count). The van der Waals surface area contributed by atoms with E-state index >= 15 is 0 Å². The molecule has 1 aliphatic heterocycles. The Bertz CT molecular complexity index is 1440. The summed E-state index contributed by atoms with van der Waals surface area (Å²) >= 11 is 1.17. The molecule has 3 aromatic heterocycles. The first kappa shape index (κ1) is 24.8. The lowest BCUT2D eigenvalue weighted by atomic mass is 9.97. The van der Waals surface area contributed by atoms with E-state index in [1.165, 1.54) is 11.5 Å². The fourth-order valence-electron chi connectivity index (χ4n) is 4.68. The number of fused-ring (bicyclic) bond motifs is 1. The Kier molecular flexibility index (Phi) is 6.88. The van der Waals surface area contributed by atoms with Gasteiger partial charge in [0.05, 0.1) is 0 Å². The second-order valence-corrected chi connectivity index (χ2v) is 10.3. The fourth-order valence-corrected chi connectivity index (χ4v) is 5.39. The molecule has 1 atom stereocenters. The molecule has 0 aliphatic carbocycles. The molecule has 2 amide bonds. The number of rotatable bonds is 6. The van der Waals surface area contributed by atoms with Crippen LogP contribution in [-0.4, -0.2) is 53.5 Å². The summed E-state index contributed by atoms with van der Waals surface area (Å²) in [5, 5.41) is 3.30. The molecule has 4 aromatic rings. The van der Waals surface area contributed by atoms with E-state index in [0.717, 1.165) is 36.3 Å². The fraction of sp³-hybridized carbons (Fsp3) is 0.385. The molecule has 0 spiro atoms. The smallest absolute Gasteiger partial charge is 0.257 e. The molecule has 3 N–H and O–H groups in total. The summed E-state index contributed by atoms with van der Waals surface area (Å²) in [4.78, 5) is 40.7. The van der Waals surface area contributed by atoms with Gasteiger partial charge in [-0.1, -0.05) is 32.9 Å². The zero-order valence-electron chi connectivity index (χ0n) is 21.1. The van der Waals surface area contributed by atoms with Crippen LogP contribution < -0.4 is 11.1 Å². The summed E-state index contributed by atoms with van der Waals surface area (Å²) in [5.41, 5.74) is 9.07. The molecule has 1 unspecified atom stereocenters. The third-order valence-corrected chi connectivity index (χ3v) is 7.30. The third kappa shape index (κ3) is 4.91. The number of nitrogens with one attached hydrogen (secondary N) is 1. The standard InChI is InChI=1S/C26H30N8O2S/c1-4-19(35)33-12-5-6-18(14-33)24-29-20(21-22(27)28-11-13-34(21)24)16-7-9-17(10-8-16)25(36)31-26-30-23(15(2)3)32-37-26/h7-11,13,15,18H,4-6,12,14H2,1-3H3,(H2,27,28)(H,30,31,32,36). The Morgan fingerprint density at radius 3 is 2.70 bits per heavy atom. The van der Waals surface area contributed by atoms with Crippen molar-refractivity contribution in [3.05, 3.63) is 53.9 Å². The number of nitrogens with zero attached hydrogens (tertiary/aromatic N) is 6. The number of benzene rings is 1. The number of hydrogen-bond acceptors (Lipinski definition) is 8. The summed E-state index contributed by atoms with van der Waals surface area (Å²) in [6.45, 7) is 7.32. The number of nitrogens with two attached hydrogens (primary N) is 1. The van der Waals surface area contributed by atoms with Gasteiger partial charge >= 0.3 is 0 Å². The van der Waals surface area contributed by atoms with Crippen LogP contribution in [-0.2, 0) is 4.79 Å². The van der Waals surface area contributed by atoms with Crippen LogP contribution in [0.1, 0.15) is 73.9 Å². The third-order valence-electron chi connectivity index (χ3n) is 6.65. The minimum absolute atomic E-state index is 0.0972. The van der Waals surface area contributed by atoms with Crippen molar-refractivity contribution < 1.29 is 9.59 Å². The summed E-state index contributed by atoms with van der Waals surface area (Å²) in [6, 6.07) is 7.24. The summed E-state index contributed by atoms with van der Waals surface area (Å²) in [7, 11) is 0. The molecule has 1 aromatic carbocycles. The molecule has 1 aliphatic rings. The number of imidazole rings is 1. The molecule has 0 saturated carbocycles. The second kappa shape index (κ2) is 10.3. The summed E-state index contributed by atoms with van der Waals surface area (Å²) in [6.07, 6.45) is 5.90. The van der Waals surface area contributed by atoms with Gasteiger partial charge in [0.25, 0.3) is 5.91 Å². The van der Waals surface area contributed by atoms with E-state index in [2.05, 4.69) is 19.7 Å². The van der Waals surface area contributed by atoms with Gasteiger partial charge in [-0.25, -0.2) is 15.0 Å². The Labute approximate surface area is 219 Å². The minimum atomic E-state index is -0.252. The SMILES string of the molecule is CCC(=O)N1CCCC(c2nc(-c3ccc(C(=O)Nc4nc(C(C)C)ns4)cc3)c3c(N)nccn23)C1. The van der Waals surface area contributed by atoms with E-state index in [4.69, 9.17) is 10.7 Å². The van der Waals surface area contributed by atoms with Crippen LogP contribution in [0.5, 0.6) is 0 Å². The van der Waals surface area contributed by atoms with Crippen LogP contribution in [0.15, 0.2) is 36.7 Å². The molecular weight excluding hydrogens is 488 g/mol. The van der Waals surface area contributed by atoms with Gasteiger partial charge in [0, 0.05) is 66.4 Å². The largest absolute Gasteiger partial charge is 0.382 e. The number of piperidine rings is 1. The number of nitrogen functional groups attached to an aromatic ring is 1. The average molecular weight is 519 g/mol. The van der Waals surface area contributed by atoms with E-state index in [9.17, 15) is 9.59 Å². The minimum Gasteiger partial charge on any atom is -0.382 e. The normalized spacial score (nSPS) is 15.9.